The second-order valence-electron chi connectivity index (χ2n) is 6.58. The Labute approximate surface area is 157 Å². The van der Waals surface area contributed by atoms with Gasteiger partial charge in [0.25, 0.3) is 17.6 Å². The van der Waals surface area contributed by atoms with Crippen molar-refractivity contribution in [3.05, 3.63) is 70.9 Å². The maximum absolute atomic E-state index is 12.6. The van der Waals surface area contributed by atoms with Gasteiger partial charge in [0.2, 0.25) is 0 Å². The largest absolute Gasteiger partial charge is 0.358 e. The van der Waals surface area contributed by atoms with Crippen molar-refractivity contribution in [1.82, 2.24) is 15.2 Å². The van der Waals surface area contributed by atoms with Crippen molar-refractivity contribution in [2.75, 3.05) is 14.1 Å². The van der Waals surface area contributed by atoms with Gasteiger partial charge in [-0.1, -0.05) is 30.3 Å². The van der Waals surface area contributed by atoms with Crippen LogP contribution in [0.4, 0.5) is 0 Å². The summed E-state index contributed by atoms with van der Waals surface area (Å²) in [5.74, 6) is -1.37. The molecule has 0 aliphatic heterocycles. The van der Waals surface area contributed by atoms with Crippen LogP contribution in [0, 0.1) is 6.92 Å². The summed E-state index contributed by atoms with van der Waals surface area (Å²) in [5, 5.41) is 3.38. The maximum Gasteiger partial charge on any atom is 0.292 e. The minimum Gasteiger partial charge on any atom is -0.358 e. The van der Waals surface area contributed by atoms with Gasteiger partial charge in [-0.2, -0.15) is 0 Å². The van der Waals surface area contributed by atoms with E-state index < -0.39 is 11.7 Å². The van der Waals surface area contributed by atoms with Crippen LogP contribution in [-0.4, -0.2) is 41.6 Å². The van der Waals surface area contributed by atoms with Gasteiger partial charge < -0.3 is 15.2 Å². The van der Waals surface area contributed by atoms with Crippen LogP contribution in [-0.2, 0) is 11.3 Å². The number of rotatable bonds is 5. The first-order valence-electron chi connectivity index (χ1n) is 8.59. The van der Waals surface area contributed by atoms with Crippen molar-refractivity contribution in [2.45, 2.75) is 13.5 Å². The number of aryl methyl sites for hydroxylation is 1. The number of nitrogens with one attached hydrogen (secondary N) is 2. The zero-order valence-corrected chi connectivity index (χ0v) is 15.5. The summed E-state index contributed by atoms with van der Waals surface area (Å²) < 4.78 is 0. The number of carbonyl (C=O) groups excluding carboxylic acids is 3. The second-order valence-corrected chi connectivity index (χ2v) is 6.58. The number of para-hydroxylation sites is 1. The predicted octanol–water partition coefficient (Wildman–Crippen LogP) is 2.68. The highest BCUT2D eigenvalue weighted by Crippen LogP contribution is 2.22. The summed E-state index contributed by atoms with van der Waals surface area (Å²) in [4.78, 5) is 41.7. The Bertz CT molecular complexity index is 1030. The lowest BCUT2D eigenvalue weighted by Crippen LogP contribution is -2.31. The highest BCUT2D eigenvalue weighted by molar-refractivity contribution is 6.45. The molecule has 0 radical (unpaired) electrons. The molecule has 0 atom stereocenters. The van der Waals surface area contributed by atoms with Crippen LogP contribution >= 0.6 is 0 Å². The van der Waals surface area contributed by atoms with Gasteiger partial charge in [-0.25, -0.2) is 0 Å². The number of nitrogens with zero attached hydrogens (tertiary/aromatic N) is 1. The fraction of sp³-hybridized carbons (Fsp3) is 0.190. The Morgan fingerprint density at radius 3 is 2.52 bits per heavy atom. The molecule has 1 aromatic heterocycles. The van der Waals surface area contributed by atoms with E-state index in [1.807, 2.05) is 24.3 Å². The highest BCUT2D eigenvalue weighted by atomic mass is 16.2. The molecular formula is C21H21N3O3. The second kappa shape index (κ2) is 7.45. The number of H-pyrrole nitrogens is 1. The third kappa shape index (κ3) is 3.74. The number of carbonyl (C=O) groups is 3. The number of amides is 2. The molecule has 0 fully saturated rings. The van der Waals surface area contributed by atoms with Gasteiger partial charge in [0, 0.05) is 42.8 Å². The number of hydrogen-bond acceptors (Lipinski definition) is 3. The van der Waals surface area contributed by atoms with E-state index in [0.717, 1.165) is 16.5 Å². The molecule has 0 aliphatic carbocycles. The maximum atomic E-state index is 12.6. The van der Waals surface area contributed by atoms with Crippen molar-refractivity contribution in [3.8, 4) is 0 Å². The lowest BCUT2D eigenvalue weighted by atomic mass is 10.1. The van der Waals surface area contributed by atoms with Crippen molar-refractivity contribution in [3.63, 3.8) is 0 Å². The van der Waals surface area contributed by atoms with E-state index in [0.29, 0.717) is 16.8 Å². The molecule has 2 aromatic carbocycles. The summed E-state index contributed by atoms with van der Waals surface area (Å²) >= 11 is 0. The first-order chi connectivity index (χ1) is 12.9. The van der Waals surface area contributed by atoms with Crippen molar-refractivity contribution < 1.29 is 14.4 Å². The average Bonchev–Trinajstić information content (AvgIpc) is 3.00. The Kier molecular flexibility index (Phi) is 5.07. The summed E-state index contributed by atoms with van der Waals surface area (Å²) in [5.41, 5.74) is 3.15. The van der Waals surface area contributed by atoms with Crippen molar-refractivity contribution >= 4 is 28.5 Å². The lowest BCUT2D eigenvalue weighted by molar-refractivity contribution is -0.117. The van der Waals surface area contributed by atoms with Crippen LogP contribution in [0.2, 0.25) is 0 Å². The zero-order valence-electron chi connectivity index (χ0n) is 15.5. The average molecular weight is 363 g/mol. The topological polar surface area (TPSA) is 82.3 Å². The van der Waals surface area contributed by atoms with Gasteiger partial charge in [0.05, 0.1) is 5.56 Å². The number of aromatic nitrogens is 1. The molecule has 138 valence electrons. The van der Waals surface area contributed by atoms with Gasteiger partial charge in [0.15, 0.2) is 0 Å². The third-order valence-corrected chi connectivity index (χ3v) is 4.36. The quantitative estimate of drug-likeness (QED) is 0.540. The molecule has 0 saturated carbocycles. The normalized spacial score (nSPS) is 10.6. The zero-order chi connectivity index (χ0) is 19.6. The molecule has 2 amide bonds. The Morgan fingerprint density at radius 2 is 1.78 bits per heavy atom. The fourth-order valence-corrected chi connectivity index (χ4v) is 3.02. The van der Waals surface area contributed by atoms with Gasteiger partial charge >= 0.3 is 0 Å². The van der Waals surface area contributed by atoms with E-state index in [1.165, 1.54) is 4.90 Å². The van der Waals surface area contributed by atoms with E-state index in [9.17, 15) is 14.4 Å². The smallest absolute Gasteiger partial charge is 0.292 e. The Morgan fingerprint density at radius 1 is 1.04 bits per heavy atom. The van der Waals surface area contributed by atoms with Crippen LogP contribution in [0.5, 0.6) is 0 Å². The van der Waals surface area contributed by atoms with E-state index in [-0.39, 0.29) is 12.5 Å². The van der Waals surface area contributed by atoms with E-state index >= 15 is 0 Å². The molecule has 0 unspecified atom stereocenters. The van der Waals surface area contributed by atoms with Gasteiger partial charge in [-0.15, -0.1) is 0 Å². The molecule has 0 saturated heterocycles. The van der Waals surface area contributed by atoms with Crippen molar-refractivity contribution in [2.24, 2.45) is 0 Å². The van der Waals surface area contributed by atoms with Gasteiger partial charge in [-0.05, 0) is 30.7 Å². The van der Waals surface area contributed by atoms with Crippen LogP contribution in [0.25, 0.3) is 10.9 Å². The Hall–Kier alpha value is -3.41. The Balaban J connectivity index is 1.74. The highest BCUT2D eigenvalue weighted by Gasteiger charge is 2.22. The molecule has 0 aliphatic rings. The molecule has 27 heavy (non-hydrogen) atoms. The van der Waals surface area contributed by atoms with Crippen LogP contribution < -0.4 is 5.32 Å². The lowest BCUT2D eigenvalue weighted by Gasteiger charge is -2.11. The predicted molar refractivity (Wildman–Crippen MR) is 104 cm³/mol. The number of Topliss-reactive ketones (excluding diaryl/α,β-unsaturated/α-hetero) is 1. The van der Waals surface area contributed by atoms with Gasteiger partial charge in [0.1, 0.15) is 0 Å². The number of aromatic amines is 1. The summed E-state index contributed by atoms with van der Waals surface area (Å²) in [6.45, 7) is 1.94. The SMILES string of the molecule is Cc1[nH]c2ccccc2c1C(=O)C(=O)NCc1cccc(C(=O)N(C)C)c1. The number of hydrogen-bond donors (Lipinski definition) is 2. The summed E-state index contributed by atoms with van der Waals surface area (Å²) in [6, 6.07) is 14.4. The van der Waals surface area contributed by atoms with E-state index in [4.69, 9.17) is 0 Å². The minimum atomic E-state index is -0.674. The van der Waals surface area contributed by atoms with Gasteiger partial charge in [-0.3, -0.25) is 14.4 Å². The number of benzene rings is 2. The standard InChI is InChI=1S/C21H21N3O3/c1-13-18(16-9-4-5-10-17(16)23-13)19(25)20(26)22-12-14-7-6-8-15(11-14)21(27)24(2)3/h4-11,23H,12H2,1-3H3,(H,22,26). The molecule has 3 aromatic rings. The van der Waals surface area contributed by atoms with E-state index in [2.05, 4.69) is 10.3 Å². The minimum absolute atomic E-state index is 0.117. The number of fused-ring (bicyclic) bond motifs is 1. The van der Waals surface area contributed by atoms with E-state index in [1.54, 1.807) is 45.3 Å². The molecule has 6 heteroatoms. The molecule has 0 bridgehead atoms. The first-order valence-corrected chi connectivity index (χ1v) is 8.59. The third-order valence-electron chi connectivity index (χ3n) is 4.36. The van der Waals surface area contributed by atoms with Crippen LogP contribution in [0.3, 0.4) is 0 Å². The summed E-state index contributed by atoms with van der Waals surface area (Å²) in [7, 11) is 3.36. The number of ketones is 1. The van der Waals surface area contributed by atoms with Crippen LogP contribution in [0.15, 0.2) is 48.5 Å². The first kappa shape index (κ1) is 18.4. The van der Waals surface area contributed by atoms with Crippen LogP contribution in [0.1, 0.15) is 32.0 Å². The molecular weight excluding hydrogens is 342 g/mol. The van der Waals surface area contributed by atoms with Crippen molar-refractivity contribution in [1.29, 1.82) is 0 Å². The molecule has 2 N–H and O–H groups in total. The summed E-state index contributed by atoms with van der Waals surface area (Å²) in [6.07, 6.45) is 0. The molecule has 3 rings (SSSR count). The molecule has 1 heterocycles. The molecule has 6 nitrogen and oxygen atoms in total. The molecule has 0 spiro atoms. The monoisotopic (exact) mass is 363 g/mol. The fourth-order valence-electron chi connectivity index (χ4n) is 3.02.